The third-order valence-electron chi connectivity index (χ3n) is 3.71. The summed E-state index contributed by atoms with van der Waals surface area (Å²) in [5.74, 6) is -0.00655. The van der Waals surface area contributed by atoms with E-state index in [-0.39, 0.29) is 11.2 Å². The van der Waals surface area contributed by atoms with Crippen LogP contribution in [0.4, 0.5) is 4.79 Å². The van der Waals surface area contributed by atoms with Gasteiger partial charge in [-0.1, -0.05) is 6.07 Å². The van der Waals surface area contributed by atoms with Gasteiger partial charge in [-0.25, -0.2) is 4.79 Å². The number of carboxylic acid groups (broad SMARTS) is 1. The van der Waals surface area contributed by atoms with Gasteiger partial charge in [0.25, 0.3) is 0 Å². The highest BCUT2D eigenvalue weighted by Gasteiger charge is 2.27. The average Bonchev–Trinajstić information content (AvgIpc) is 2.99. The molecule has 2 amide bonds. The van der Waals surface area contributed by atoms with E-state index in [1.807, 2.05) is 33.1 Å². The quantitative estimate of drug-likeness (QED) is 0.649. The number of nitrogens with one attached hydrogen (secondary N) is 1. The lowest BCUT2D eigenvalue weighted by molar-refractivity contribution is -0.120. The van der Waals surface area contributed by atoms with Crippen LogP contribution in [-0.2, 0) is 11.2 Å². The summed E-state index contributed by atoms with van der Waals surface area (Å²) in [5.41, 5.74) is -0.466. The van der Waals surface area contributed by atoms with E-state index in [9.17, 15) is 14.7 Å². The molecule has 0 fully saturated rings. The summed E-state index contributed by atoms with van der Waals surface area (Å²) in [6.07, 6.45) is 3.34. The fraction of sp³-hybridized carbons (Fsp3) is 0.647. The van der Waals surface area contributed by atoms with E-state index >= 15 is 0 Å². The molecular formula is C17H28N2O3S2. The molecule has 0 saturated carbocycles. The predicted octanol–water partition coefficient (Wildman–Crippen LogP) is 3.70. The zero-order valence-electron chi connectivity index (χ0n) is 14.9. The second-order valence-corrected chi connectivity index (χ2v) is 8.66. The van der Waals surface area contributed by atoms with Gasteiger partial charge in [-0.2, -0.15) is 11.8 Å². The molecule has 0 saturated heterocycles. The standard InChI is InChI=1S/C17H28N2O3S2/c1-17(2,3)19(16(21)22)11-9-14(23-4)15(20)18-10-5-7-13-8-6-12-24-13/h6,8,12,14H,5,7,9-11H2,1-4H3,(H,18,20)(H,21,22). The molecule has 24 heavy (non-hydrogen) atoms. The van der Waals surface area contributed by atoms with E-state index in [4.69, 9.17) is 0 Å². The molecule has 7 heteroatoms. The molecule has 1 rings (SSSR count). The SMILES string of the molecule is CSC(CCN(C(=O)O)C(C)(C)C)C(=O)NCCCc1cccs1. The number of carbonyl (C=O) groups is 2. The first-order valence-electron chi connectivity index (χ1n) is 8.09. The van der Waals surface area contributed by atoms with Gasteiger partial charge < -0.3 is 15.3 Å². The lowest BCUT2D eigenvalue weighted by atomic mass is 10.1. The highest BCUT2D eigenvalue weighted by atomic mass is 32.2. The van der Waals surface area contributed by atoms with Gasteiger partial charge in [-0.05, 0) is 57.7 Å². The van der Waals surface area contributed by atoms with Gasteiger partial charge in [0.15, 0.2) is 0 Å². The second kappa shape index (κ2) is 9.93. The molecule has 1 aromatic heterocycles. The molecule has 0 bridgehead atoms. The molecule has 0 radical (unpaired) electrons. The Bertz CT molecular complexity index is 512. The molecule has 0 aliphatic heterocycles. The molecule has 1 unspecified atom stereocenters. The first-order chi connectivity index (χ1) is 11.3. The third kappa shape index (κ3) is 7.13. The maximum Gasteiger partial charge on any atom is 0.407 e. The number of thioether (sulfide) groups is 1. The maximum absolute atomic E-state index is 12.3. The van der Waals surface area contributed by atoms with Crippen molar-refractivity contribution in [1.82, 2.24) is 10.2 Å². The summed E-state index contributed by atoms with van der Waals surface area (Å²) >= 11 is 3.20. The number of nitrogens with zero attached hydrogens (tertiary/aromatic N) is 1. The number of thiophene rings is 1. The van der Waals surface area contributed by atoms with Crippen molar-refractivity contribution in [2.45, 2.75) is 50.8 Å². The van der Waals surface area contributed by atoms with Crippen LogP contribution in [0.2, 0.25) is 0 Å². The zero-order valence-corrected chi connectivity index (χ0v) is 16.5. The molecule has 0 spiro atoms. The smallest absolute Gasteiger partial charge is 0.407 e. The van der Waals surface area contributed by atoms with Crippen LogP contribution >= 0.6 is 23.1 Å². The Morgan fingerprint density at radius 3 is 2.62 bits per heavy atom. The summed E-state index contributed by atoms with van der Waals surface area (Å²) in [6, 6.07) is 4.13. The number of rotatable bonds is 9. The first kappa shape index (κ1) is 20.8. The lowest BCUT2D eigenvalue weighted by Crippen LogP contribution is -2.47. The van der Waals surface area contributed by atoms with Crippen molar-refractivity contribution in [1.29, 1.82) is 0 Å². The van der Waals surface area contributed by atoms with E-state index in [0.29, 0.717) is 19.5 Å². The van der Waals surface area contributed by atoms with Crippen LogP contribution in [0.3, 0.4) is 0 Å². The van der Waals surface area contributed by atoms with Gasteiger partial charge in [-0.3, -0.25) is 4.79 Å². The van der Waals surface area contributed by atoms with Gasteiger partial charge >= 0.3 is 6.09 Å². The van der Waals surface area contributed by atoms with Crippen LogP contribution in [0.15, 0.2) is 17.5 Å². The van der Waals surface area contributed by atoms with Crippen LogP contribution in [0.25, 0.3) is 0 Å². The first-order valence-corrected chi connectivity index (χ1v) is 10.3. The average molecular weight is 373 g/mol. The predicted molar refractivity (Wildman–Crippen MR) is 102 cm³/mol. The minimum absolute atomic E-state index is 0.00655. The number of aryl methyl sites for hydroxylation is 1. The normalized spacial score (nSPS) is 12.7. The van der Waals surface area contributed by atoms with E-state index in [2.05, 4.69) is 16.8 Å². The Morgan fingerprint density at radius 1 is 1.42 bits per heavy atom. The van der Waals surface area contributed by atoms with Crippen molar-refractivity contribution >= 4 is 35.1 Å². The van der Waals surface area contributed by atoms with E-state index < -0.39 is 11.6 Å². The van der Waals surface area contributed by atoms with Crippen molar-refractivity contribution in [3.63, 3.8) is 0 Å². The Balaban J connectivity index is 2.38. The van der Waals surface area contributed by atoms with Gasteiger partial charge in [0.1, 0.15) is 0 Å². The summed E-state index contributed by atoms with van der Waals surface area (Å²) in [7, 11) is 0. The molecule has 1 heterocycles. The topological polar surface area (TPSA) is 69.6 Å². The monoisotopic (exact) mass is 372 g/mol. The highest BCUT2D eigenvalue weighted by Crippen LogP contribution is 2.18. The van der Waals surface area contributed by atoms with Crippen molar-refractivity contribution in [2.24, 2.45) is 0 Å². The summed E-state index contributed by atoms with van der Waals surface area (Å²) in [6.45, 7) is 6.59. The van der Waals surface area contributed by atoms with E-state index in [1.165, 1.54) is 21.5 Å². The highest BCUT2D eigenvalue weighted by molar-refractivity contribution is 7.99. The fourth-order valence-electron chi connectivity index (χ4n) is 2.36. The third-order valence-corrected chi connectivity index (χ3v) is 5.67. The van der Waals surface area contributed by atoms with Crippen LogP contribution < -0.4 is 5.32 Å². The molecule has 5 nitrogen and oxygen atoms in total. The number of hydrogen-bond donors (Lipinski definition) is 2. The Morgan fingerprint density at radius 2 is 2.12 bits per heavy atom. The van der Waals surface area contributed by atoms with Crippen molar-refractivity contribution < 1.29 is 14.7 Å². The van der Waals surface area contributed by atoms with Gasteiger partial charge in [-0.15, -0.1) is 11.3 Å². The molecule has 0 aromatic carbocycles. The van der Waals surface area contributed by atoms with Crippen molar-refractivity contribution in [3.05, 3.63) is 22.4 Å². The Labute approximate surface area is 152 Å². The minimum Gasteiger partial charge on any atom is -0.465 e. The maximum atomic E-state index is 12.3. The van der Waals surface area contributed by atoms with Gasteiger partial charge in [0.2, 0.25) is 5.91 Å². The minimum atomic E-state index is -0.946. The number of amides is 2. The summed E-state index contributed by atoms with van der Waals surface area (Å²) < 4.78 is 0. The number of hydrogen-bond acceptors (Lipinski definition) is 4. The zero-order chi connectivity index (χ0) is 18.2. The molecular weight excluding hydrogens is 344 g/mol. The summed E-state index contributed by atoms with van der Waals surface area (Å²) in [4.78, 5) is 26.3. The van der Waals surface area contributed by atoms with Crippen LogP contribution in [0, 0.1) is 0 Å². The van der Waals surface area contributed by atoms with Gasteiger partial charge in [0, 0.05) is 23.5 Å². The van der Waals surface area contributed by atoms with Crippen molar-refractivity contribution in [3.8, 4) is 0 Å². The van der Waals surface area contributed by atoms with Crippen molar-refractivity contribution in [2.75, 3.05) is 19.3 Å². The lowest BCUT2D eigenvalue weighted by Gasteiger charge is -2.33. The van der Waals surface area contributed by atoms with Crippen LogP contribution in [0.5, 0.6) is 0 Å². The molecule has 1 atom stereocenters. The fourth-order valence-corrected chi connectivity index (χ4v) is 3.75. The molecule has 0 aliphatic carbocycles. The molecule has 1 aromatic rings. The van der Waals surface area contributed by atoms with E-state index in [1.54, 1.807) is 11.3 Å². The molecule has 0 aliphatic rings. The van der Waals surface area contributed by atoms with Gasteiger partial charge in [0.05, 0.1) is 5.25 Å². The summed E-state index contributed by atoms with van der Waals surface area (Å²) in [5, 5.41) is 14.1. The van der Waals surface area contributed by atoms with E-state index in [0.717, 1.165) is 12.8 Å². The van der Waals surface area contributed by atoms with Crippen LogP contribution in [-0.4, -0.2) is 52.1 Å². The second-order valence-electron chi connectivity index (χ2n) is 6.59. The Hall–Kier alpha value is -1.21. The molecule has 2 N–H and O–H groups in total. The molecule has 136 valence electrons. The Kier molecular flexibility index (Phi) is 8.62. The largest absolute Gasteiger partial charge is 0.465 e. The van der Waals surface area contributed by atoms with Crippen LogP contribution in [0.1, 0.15) is 38.5 Å². The number of carbonyl (C=O) groups excluding carboxylic acids is 1.